The zero-order valence-electron chi connectivity index (χ0n) is 14.6. The van der Waals surface area contributed by atoms with Crippen molar-refractivity contribution in [1.82, 2.24) is 15.5 Å². The predicted molar refractivity (Wildman–Crippen MR) is 99.9 cm³/mol. The first-order valence-corrected chi connectivity index (χ1v) is 8.42. The van der Waals surface area contributed by atoms with Gasteiger partial charge in [0.1, 0.15) is 0 Å². The number of hydrogen-bond acceptors (Lipinski definition) is 2. The van der Waals surface area contributed by atoms with Crippen molar-refractivity contribution in [3.8, 4) is 11.3 Å². The van der Waals surface area contributed by atoms with E-state index < -0.39 is 0 Å². The monoisotopic (exact) mass is 319 g/mol. The fourth-order valence-electron chi connectivity index (χ4n) is 3.24. The van der Waals surface area contributed by atoms with Crippen LogP contribution in [0.2, 0.25) is 0 Å². The number of nitrogens with one attached hydrogen (secondary N) is 2. The standard InChI is InChI=1S/C21H25N3/c1-16-9-7-8-12-19(16)21(2,3)15-22-13-18-14-23-24-20(18)17-10-5-4-6-11-17/h4-12,14,22H,13,15H2,1-3H3,(H,23,24). The quantitative estimate of drug-likeness (QED) is 0.704. The summed E-state index contributed by atoms with van der Waals surface area (Å²) in [5, 5.41) is 10.9. The first kappa shape index (κ1) is 16.5. The van der Waals surface area contributed by atoms with Crippen LogP contribution in [0.25, 0.3) is 11.3 Å². The first-order valence-electron chi connectivity index (χ1n) is 8.42. The molecule has 0 radical (unpaired) electrons. The van der Waals surface area contributed by atoms with Crippen molar-refractivity contribution in [2.75, 3.05) is 6.54 Å². The molecule has 3 heteroatoms. The Balaban J connectivity index is 1.67. The fourth-order valence-corrected chi connectivity index (χ4v) is 3.24. The molecule has 1 heterocycles. The van der Waals surface area contributed by atoms with Gasteiger partial charge >= 0.3 is 0 Å². The predicted octanol–water partition coefficient (Wildman–Crippen LogP) is 4.45. The van der Waals surface area contributed by atoms with Gasteiger partial charge in [0.05, 0.1) is 11.9 Å². The van der Waals surface area contributed by atoms with Gasteiger partial charge in [-0.15, -0.1) is 0 Å². The number of rotatable bonds is 6. The number of aryl methyl sites for hydroxylation is 1. The van der Waals surface area contributed by atoms with Gasteiger partial charge in [-0.1, -0.05) is 68.4 Å². The second-order valence-corrected chi connectivity index (χ2v) is 6.94. The van der Waals surface area contributed by atoms with Crippen LogP contribution in [0.5, 0.6) is 0 Å². The Hall–Kier alpha value is -2.39. The van der Waals surface area contributed by atoms with Gasteiger partial charge in [-0.3, -0.25) is 5.10 Å². The van der Waals surface area contributed by atoms with Gasteiger partial charge in [-0.05, 0) is 23.6 Å². The van der Waals surface area contributed by atoms with E-state index in [2.05, 4.69) is 84.8 Å². The van der Waals surface area contributed by atoms with Gasteiger partial charge in [-0.2, -0.15) is 5.10 Å². The molecule has 0 amide bonds. The number of nitrogens with zero attached hydrogens (tertiary/aromatic N) is 1. The molecule has 0 saturated heterocycles. The molecule has 24 heavy (non-hydrogen) atoms. The lowest BCUT2D eigenvalue weighted by Gasteiger charge is -2.27. The lowest BCUT2D eigenvalue weighted by molar-refractivity contribution is 0.467. The molecule has 3 nitrogen and oxygen atoms in total. The Morgan fingerprint density at radius 3 is 2.46 bits per heavy atom. The minimum atomic E-state index is 0.0853. The van der Waals surface area contributed by atoms with Crippen molar-refractivity contribution < 1.29 is 0 Å². The Morgan fingerprint density at radius 1 is 1.00 bits per heavy atom. The van der Waals surface area contributed by atoms with E-state index in [0.717, 1.165) is 18.8 Å². The van der Waals surface area contributed by atoms with E-state index in [0.29, 0.717) is 0 Å². The van der Waals surface area contributed by atoms with Crippen molar-refractivity contribution in [3.05, 3.63) is 77.5 Å². The molecule has 124 valence electrons. The third kappa shape index (κ3) is 3.57. The van der Waals surface area contributed by atoms with Crippen molar-refractivity contribution in [1.29, 1.82) is 0 Å². The van der Waals surface area contributed by atoms with E-state index in [1.165, 1.54) is 22.3 Å². The molecular weight excluding hydrogens is 294 g/mol. The van der Waals surface area contributed by atoms with Crippen LogP contribution in [-0.4, -0.2) is 16.7 Å². The van der Waals surface area contributed by atoms with E-state index in [4.69, 9.17) is 0 Å². The molecule has 0 bridgehead atoms. The van der Waals surface area contributed by atoms with Crippen molar-refractivity contribution >= 4 is 0 Å². The number of aromatic nitrogens is 2. The zero-order valence-corrected chi connectivity index (χ0v) is 14.6. The van der Waals surface area contributed by atoms with E-state index in [1.807, 2.05) is 12.3 Å². The molecule has 0 aliphatic heterocycles. The van der Waals surface area contributed by atoms with Crippen LogP contribution in [0.15, 0.2) is 60.8 Å². The highest BCUT2D eigenvalue weighted by Crippen LogP contribution is 2.26. The summed E-state index contributed by atoms with van der Waals surface area (Å²) >= 11 is 0. The molecule has 0 saturated carbocycles. The molecule has 2 N–H and O–H groups in total. The molecule has 2 aromatic carbocycles. The minimum Gasteiger partial charge on any atom is -0.312 e. The van der Waals surface area contributed by atoms with Crippen LogP contribution < -0.4 is 5.32 Å². The summed E-state index contributed by atoms with van der Waals surface area (Å²) in [6, 6.07) is 19.0. The highest BCUT2D eigenvalue weighted by molar-refractivity contribution is 5.62. The normalized spacial score (nSPS) is 11.6. The number of hydrogen-bond donors (Lipinski definition) is 2. The minimum absolute atomic E-state index is 0.0853. The SMILES string of the molecule is Cc1ccccc1C(C)(C)CNCc1cn[nH]c1-c1ccccc1. The highest BCUT2D eigenvalue weighted by atomic mass is 15.1. The molecule has 3 aromatic rings. The molecule has 0 aliphatic rings. The summed E-state index contributed by atoms with van der Waals surface area (Å²) < 4.78 is 0. The van der Waals surface area contributed by atoms with Gasteiger partial charge in [0, 0.05) is 24.1 Å². The molecule has 0 spiro atoms. The molecule has 0 unspecified atom stereocenters. The number of benzene rings is 2. The topological polar surface area (TPSA) is 40.7 Å². The van der Waals surface area contributed by atoms with Crippen LogP contribution in [0.4, 0.5) is 0 Å². The van der Waals surface area contributed by atoms with Gasteiger partial charge in [0.25, 0.3) is 0 Å². The maximum absolute atomic E-state index is 4.22. The summed E-state index contributed by atoms with van der Waals surface area (Å²) in [5.74, 6) is 0. The number of H-pyrrole nitrogens is 1. The summed E-state index contributed by atoms with van der Waals surface area (Å²) in [4.78, 5) is 0. The zero-order chi connectivity index (χ0) is 17.0. The lowest BCUT2D eigenvalue weighted by atomic mass is 9.82. The fraction of sp³-hybridized carbons (Fsp3) is 0.286. The number of aromatic amines is 1. The van der Waals surface area contributed by atoms with E-state index in [1.54, 1.807) is 0 Å². The Bertz CT molecular complexity index is 788. The summed E-state index contributed by atoms with van der Waals surface area (Å²) in [6.07, 6.45) is 1.91. The maximum Gasteiger partial charge on any atom is 0.0695 e. The van der Waals surface area contributed by atoms with Crippen LogP contribution in [0.3, 0.4) is 0 Å². The molecule has 0 aliphatic carbocycles. The van der Waals surface area contributed by atoms with Crippen LogP contribution in [-0.2, 0) is 12.0 Å². The van der Waals surface area contributed by atoms with Crippen molar-refractivity contribution in [2.45, 2.75) is 32.7 Å². The molecule has 0 atom stereocenters. The lowest BCUT2D eigenvalue weighted by Crippen LogP contribution is -2.33. The van der Waals surface area contributed by atoms with Gasteiger partial charge in [0.15, 0.2) is 0 Å². The summed E-state index contributed by atoms with van der Waals surface area (Å²) in [5.41, 5.74) is 6.29. The second-order valence-electron chi connectivity index (χ2n) is 6.94. The first-order chi connectivity index (χ1) is 11.6. The van der Waals surface area contributed by atoms with Crippen LogP contribution in [0.1, 0.15) is 30.5 Å². The molecule has 1 aromatic heterocycles. The molecular formula is C21H25N3. The Morgan fingerprint density at radius 2 is 1.71 bits per heavy atom. The van der Waals surface area contributed by atoms with Crippen molar-refractivity contribution in [3.63, 3.8) is 0 Å². The van der Waals surface area contributed by atoms with E-state index in [9.17, 15) is 0 Å². The molecule has 0 fully saturated rings. The third-order valence-corrected chi connectivity index (χ3v) is 4.54. The van der Waals surface area contributed by atoms with Gasteiger partial charge in [-0.25, -0.2) is 0 Å². The summed E-state index contributed by atoms with van der Waals surface area (Å²) in [7, 11) is 0. The average molecular weight is 319 g/mol. The van der Waals surface area contributed by atoms with E-state index >= 15 is 0 Å². The largest absolute Gasteiger partial charge is 0.312 e. The smallest absolute Gasteiger partial charge is 0.0695 e. The second kappa shape index (κ2) is 7.02. The van der Waals surface area contributed by atoms with Gasteiger partial charge < -0.3 is 5.32 Å². The maximum atomic E-state index is 4.22. The average Bonchev–Trinajstić information content (AvgIpc) is 3.04. The summed E-state index contributed by atoms with van der Waals surface area (Å²) in [6.45, 7) is 8.47. The van der Waals surface area contributed by atoms with Gasteiger partial charge in [0.2, 0.25) is 0 Å². The Labute approximate surface area is 144 Å². The third-order valence-electron chi connectivity index (χ3n) is 4.54. The van der Waals surface area contributed by atoms with Crippen molar-refractivity contribution in [2.24, 2.45) is 0 Å². The van der Waals surface area contributed by atoms with Crippen LogP contribution in [0, 0.1) is 6.92 Å². The molecule has 3 rings (SSSR count). The highest BCUT2D eigenvalue weighted by Gasteiger charge is 2.22. The Kier molecular flexibility index (Phi) is 4.81. The van der Waals surface area contributed by atoms with Crippen LogP contribution >= 0.6 is 0 Å². The van der Waals surface area contributed by atoms with E-state index in [-0.39, 0.29) is 5.41 Å².